The number of benzene rings is 4. The third-order valence-electron chi connectivity index (χ3n) is 7.25. The number of halogens is 1. The zero-order valence-corrected chi connectivity index (χ0v) is 27.7. The van der Waals surface area contributed by atoms with Crippen LogP contribution in [-0.4, -0.2) is 43.3 Å². The summed E-state index contributed by atoms with van der Waals surface area (Å²) in [6.45, 7) is 7.17. The Bertz CT molecular complexity index is 1690. The van der Waals surface area contributed by atoms with Crippen LogP contribution in [0, 0.1) is 0 Å². The molecule has 45 heavy (non-hydrogen) atoms. The molecule has 2 amide bonds. The molecule has 0 aromatic heterocycles. The van der Waals surface area contributed by atoms with Crippen LogP contribution in [0.4, 0.5) is 5.69 Å². The minimum Gasteiger partial charge on any atom is -0.350 e. The third-order valence-corrected chi connectivity index (χ3v) is 9.28. The Kier molecular flexibility index (Phi) is 11.1. The Morgan fingerprint density at radius 2 is 1.40 bits per heavy atom. The van der Waals surface area contributed by atoms with E-state index in [1.165, 1.54) is 17.0 Å². The van der Waals surface area contributed by atoms with Crippen LogP contribution in [0.1, 0.15) is 44.4 Å². The van der Waals surface area contributed by atoms with Crippen molar-refractivity contribution in [2.24, 2.45) is 0 Å². The largest absolute Gasteiger partial charge is 0.350 e. The molecule has 0 saturated carbocycles. The molecule has 236 valence electrons. The van der Waals surface area contributed by atoms with Gasteiger partial charge in [0.1, 0.15) is 12.6 Å². The van der Waals surface area contributed by atoms with Crippen molar-refractivity contribution >= 4 is 39.1 Å². The maximum atomic E-state index is 14.5. The Morgan fingerprint density at radius 3 is 1.98 bits per heavy atom. The van der Waals surface area contributed by atoms with E-state index in [1.807, 2.05) is 76.2 Å². The van der Waals surface area contributed by atoms with Gasteiger partial charge in [0.25, 0.3) is 10.0 Å². The quantitative estimate of drug-likeness (QED) is 0.187. The van der Waals surface area contributed by atoms with E-state index in [1.54, 1.807) is 48.5 Å². The van der Waals surface area contributed by atoms with Gasteiger partial charge in [0.05, 0.1) is 10.6 Å². The Balaban J connectivity index is 1.81. The number of hydrogen-bond donors (Lipinski definition) is 1. The number of nitrogens with one attached hydrogen (secondary N) is 1. The highest BCUT2D eigenvalue weighted by atomic mass is 35.5. The molecule has 0 saturated heterocycles. The molecule has 0 aliphatic rings. The van der Waals surface area contributed by atoms with Gasteiger partial charge in [-0.2, -0.15) is 0 Å². The number of amides is 2. The molecule has 0 aliphatic carbocycles. The summed E-state index contributed by atoms with van der Waals surface area (Å²) in [6, 6.07) is 30.8. The minimum atomic E-state index is -4.15. The summed E-state index contributed by atoms with van der Waals surface area (Å²) in [7, 11) is -4.15. The van der Waals surface area contributed by atoms with Crippen molar-refractivity contribution < 1.29 is 18.0 Å². The first kappa shape index (κ1) is 33.7. The number of aryl methyl sites for hydroxylation is 1. The molecule has 0 radical (unpaired) electrons. The van der Waals surface area contributed by atoms with Crippen LogP contribution >= 0.6 is 11.6 Å². The van der Waals surface area contributed by atoms with E-state index in [4.69, 9.17) is 11.6 Å². The van der Waals surface area contributed by atoms with Crippen molar-refractivity contribution in [2.45, 2.75) is 63.6 Å². The van der Waals surface area contributed by atoms with E-state index in [0.717, 1.165) is 21.9 Å². The molecule has 4 aromatic carbocycles. The van der Waals surface area contributed by atoms with E-state index >= 15 is 0 Å². The zero-order chi connectivity index (χ0) is 32.6. The van der Waals surface area contributed by atoms with Crippen LogP contribution in [0.3, 0.4) is 0 Å². The van der Waals surface area contributed by atoms with Gasteiger partial charge in [0.2, 0.25) is 11.8 Å². The van der Waals surface area contributed by atoms with Gasteiger partial charge in [0.15, 0.2) is 0 Å². The molecule has 1 atom stereocenters. The molecule has 4 aromatic rings. The number of hydrogen-bond acceptors (Lipinski definition) is 4. The van der Waals surface area contributed by atoms with Gasteiger partial charge in [-0.1, -0.05) is 91.3 Å². The number of rotatable bonds is 12. The van der Waals surface area contributed by atoms with Crippen LogP contribution in [0.15, 0.2) is 114 Å². The zero-order valence-electron chi connectivity index (χ0n) is 26.1. The normalized spacial score (nSPS) is 12.3. The van der Waals surface area contributed by atoms with Gasteiger partial charge < -0.3 is 10.2 Å². The lowest BCUT2D eigenvalue weighted by Gasteiger charge is -2.35. The highest BCUT2D eigenvalue weighted by molar-refractivity contribution is 7.92. The van der Waals surface area contributed by atoms with E-state index in [9.17, 15) is 18.0 Å². The topological polar surface area (TPSA) is 86.8 Å². The van der Waals surface area contributed by atoms with Crippen LogP contribution in [0.5, 0.6) is 0 Å². The number of carbonyl (C=O) groups excluding carboxylic acids is 2. The van der Waals surface area contributed by atoms with Crippen LogP contribution in [0.25, 0.3) is 0 Å². The Labute approximate surface area is 271 Å². The number of carbonyl (C=O) groups is 2. The van der Waals surface area contributed by atoms with Gasteiger partial charge in [-0.3, -0.25) is 13.9 Å². The first-order chi connectivity index (χ1) is 21.4. The van der Waals surface area contributed by atoms with E-state index in [0.29, 0.717) is 16.3 Å². The summed E-state index contributed by atoms with van der Waals surface area (Å²) in [5.74, 6) is -0.870. The second-order valence-corrected chi connectivity index (χ2v) is 14.2. The summed E-state index contributed by atoms with van der Waals surface area (Å²) in [6.07, 6.45) is 1.01. The number of sulfonamides is 1. The van der Waals surface area contributed by atoms with Crippen molar-refractivity contribution in [3.05, 3.63) is 131 Å². The van der Waals surface area contributed by atoms with Crippen molar-refractivity contribution in [2.75, 3.05) is 10.8 Å². The van der Waals surface area contributed by atoms with E-state index in [-0.39, 0.29) is 23.8 Å². The average Bonchev–Trinajstić information content (AvgIpc) is 3.01. The van der Waals surface area contributed by atoms with E-state index < -0.39 is 34.1 Å². The maximum absolute atomic E-state index is 14.5. The van der Waals surface area contributed by atoms with E-state index in [2.05, 4.69) is 5.32 Å². The monoisotopic (exact) mass is 645 g/mol. The number of anilines is 1. The number of nitrogens with zero attached hydrogens (tertiary/aromatic N) is 2. The molecule has 0 spiro atoms. The van der Waals surface area contributed by atoms with Gasteiger partial charge in [-0.15, -0.1) is 0 Å². The summed E-state index contributed by atoms with van der Waals surface area (Å²) in [5, 5.41) is 3.52. The second-order valence-electron chi connectivity index (χ2n) is 11.9. The summed E-state index contributed by atoms with van der Waals surface area (Å²) in [5.41, 5.74) is 2.39. The van der Waals surface area contributed by atoms with Crippen molar-refractivity contribution in [3.63, 3.8) is 0 Å². The molecule has 0 aliphatic heterocycles. The third kappa shape index (κ3) is 9.19. The summed E-state index contributed by atoms with van der Waals surface area (Å²) < 4.78 is 29.3. The molecular weight excluding hydrogens is 606 g/mol. The summed E-state index contributed by atoms with van der Waals surface area (Å²) >= 11 is 6.31. The molecule has 9 heteroatoms. The van der Waals surface area contributed by atoms with Crippen molar-refractivity contribution in [1.82, 2.24) is 10.2 Å². The van der Waals surface area contributed by atoms with Gasteiger partial charge in [-0.05, 0) is 80.3 Å². The smallest absolute Gasteiger partial charge is 0.264 e. The van der Waals surface area contributed by atoms with Crippen LogP contribution in [-0.2, 0) is 39.0 Å². The minimum absolute atomic E-state index is 0.0441. The Hall–Kier alpha value is -4.14. The lowest BCUT2D eigenvalue weighted by Crippen LogP contribution is -2.56. The molecular formula is C36H40ClN3O4S. The fourth-order valence-electron chi connectivity index (χ4n) is 4.99. The molecule has 1 N–H and O–H groups in total. The summed E-state index contributed by atoms with van der Waals surface area (Å²) in [4.78, 5) is 30.0. The molecule has 4 rings (SSSR count). The first-order valence-corrected chi connectivity index (χ1v) is 16.8. The SMILES string of the molecule is CCc1ccc(N(CC(=O)N(Cc2cccc(Cl)c2)[C@@H](Cc2ccccc2)C(=O)NC(C)(C)C)S(=O)(=O)c2ccccc2)cc1. The van der Waals surface area contributed by atoms with Gasteiger partial charge in [-0.25, -0.2) is 8.42 Å². The lowest BCUT2D eigenvalue weighted by atomic mass is 10.0. The highest BCUT2D eigenvalue weighted by Gasteiger charge is 2.35. The van der Waals surface area contributed by atoms with Gasteiger partial charge >= 0.3 is 0 Å². The van der Waals surface area contributed by atoms with Crippen LogP contribution < -0.4 is 9.62 Å². The standard InChI is InChI=1S/C36H40ClN3O4S/c1-5-27-19-21-31(22-20-27)40(45(43,44)32-17-10-7-11-18-32)26-34(41)39(25-29-15-12-16-30(37)23-29)33(35(42)38-36(2,3)4)24-28-13-8-6-9-14-28/h6-23,33H,5,24-26H2,1-4H3,(H,38,42)/t33-/m0/s1. The van der Waals surface area contributed by atoms with Crippen LogP contribution in [0.2, 0.25) is 5.02 Å². The molecule has 0 bridgehead atoms. The molecule has 0 unspecified atom stereocenters. The average molecular weight is 646 g/mol. The fraction of sp³-hybridized carbons (Fsp3) is 0.278. The second kappa shape index (κ2) is 14.8. The predicted molar refractivity (Wildman–Crippen MR) is 181 cm³/mol. The molecule has 7 nitrogen and oxygen atoms in total. The highest BCUT2D eigenvalue weighted by Crippen LogP contribution is 2.26. The maximum Gasteiger partial charge on any atom is 0.264 e. The fourth-order valence-corrected chi connectivity index (χ4v) is 6.63. The predicted octanol–water partition coefficient (Wildman–Crippen LogP) is 6.65. The molecule has 0 fully saturated rings. The van der Waals surface area contributed by atoms with Crippen molar-refractivity contribution in [1.29, 1.82) is 0 Å². The lowest BCUT2D eigenvalue weighted by molar-refractivity contribution is -0.140. The Morgan fingerprint density at radius 1 is 0.800 bits per heavy atom. The van der Waals surface area contributed by atoms with Crippen molar-refractivity contribution in [3.8, 4) is 0 Å². The van der Waals surface area contributed by atoms with Gasteiger partial charge in [0, 0.05) is 23.5 Å². The molecule has 0 heterocycles. The first-order valence-electron chi connectivity index (χ1n) is 14.9.